The average Bonchev–Trinajstić information content (AvgIpc) is 2.70. The van der Waals surface area contributed by atoms with Crippen molar-refractivity contribution in [2.24, 2.45) is 5.92 Å². The van der Waals surface area contributed by atoms with Gasteiger partial charge in [-0.2, -0.15) is 0 Å². The SMILES string of the molecule is CC.CC(C)N1CCC(C2=CC=CCC=C2)CC1. The van der Waals surface area contributed by atoms with E-state index in [-0.39, 0.29) is 0 Å². The van der Waals surface area contributed by atoms with Crippen LogP contribution < -0.4 is 0 Å². The minimum absolute atomic E-state index is 0.708. The van der Waals surface area contributed by atoms with Crippen LogP contribution >= 0.6 is 0 Å². The van der Waals surface area contributed by atoms with Crippen molar-refractivity contribution in [2.45, 2.75) is 53.0 Å². The molecule has 18 heavy (non-hydrogen) atoms. The lowest BCUT2D eigenvalue weighted by atomic mass is 9.88. The maximum atomic E-state index is 2.59. The number of nitrogens with zero attached hydrogens (tertiary/aromatic N) is 1. The molecule has 1 heterocycles. The maximum absolute atomic E-state index is 2.59. The highest BCUT2D eigenvalue weighted by Crippen LogP contribution is 2.27. The Labute approximate surface area is 113 Å². The lowest BCUT2D eigenvalue weighted by Gasteiger charge is -2.35. The molecule has 1 nitrogen and oxygen atoms in total. The fourth-order valence-electron chi connectivity index (χ4n) is 2.62. The smallest absolute Gasteiger partial charge is 0.00385 e. The van der Waals surface area contributed by atoms with Crippen LogP contribution in [-0.4, -0.2) is 24.0 Å². The van der Waals surface area contributed by atoms with Gasteiger partial charge in [-0.1, -0.05) is 44.2 Å². The summed E-state index contributed by atoms with van der Waals surface area (Å²) in [5, 5.41) is 0. The van der Waals surface area contributed by atoms with E-state index in [0.717, 1.165) is 12.3 Å². The van der Waals surface area contributed by atoms with Gasteiger partial charge in [0.05, 0.1) is 0 Å². The molecular weight excluding hydrogens is 218 g/mol. The first-order valence-corrected chi connectivity index (χ1v) is 7.54. The second-order valence-corrected chi connectivity index (χ2v) is 5.14. The number of hydrogen-bond acceptors (Lipinski definition) is 1. The molecule has 1 aliphatic carbocycles. The highest BCUT2D eigenvalue weighted by Gasteiger charge is 2.22. The molecule has 0 atom stereocenters. The van der Waals surface area contributed by atoms with Crippen LogP contribution in [0.1, 0.15) is 47.0 Å². The maximum Gasteiger partial charge on any atom is 0.00385 e. The van der Waals surface area contributed by atoms with Gasteiger partial charge in [-0.25, -0.2) is 0 Å². The van der Waals surface area contributed by atoms with Crippen molar-refractivity contribution in [2.75, 3.05) is 13.1 Å². The fraction of sp³-hybridized carbons (Fsp3) is 0.647. The van der Waals surface area contributed by atoms with E-state index in [0.29, 0.717) is 6.04 Å². The van der Waals surface area contributed by atoms with Crippen molar-refractivity contribution in [3.63, 3.8) is 0 Å². The van der Waals surface area contributed by atoms with Crippen molar-refractivity contribution in [3.05, 3.63) is 36.0 Å². The molecule has 1 heteroatoms. The van der Waals surface area contributed by atoms with Crippen molar-refractivity contribution in [3.8, 4) is 0 Å². The van der Waals surface area contributed by atoms with Gasteiger partial charge in [-0.15, -0.1) is 0 Å². The summed E-state index contributed by atoms with van der Waals surface area (Å²) in [6.45, 7) is 11.1. The molecule has 2 rings (SSSR count). The highest BCUT2D eigenvalue weighted by molar-refractivity contribution is 5.29. The largest absolute Gasteiger partial charge is 0.301 e. The fourth-order valence-corrected chi connectivity index (χ4v) is 2.62. The van der Waals surface area contributed by atoms with Gasteiger partial charge in [-0.3, -0.25) is 0 Å². The number of hydrogen-bond donors (Lipinski definition) is 0. The Hall–Kier alpha value is -0.820. The van der Waals surface area contributed by atoms with E-state index in [1.165, 1.54) is 31.5 Å². The van der Waals surface area contributed by atoms with Gasteiger partial charge in [-0.05, 0) is 57.7 Å². The number of rotatable bonds is 2. The van der Waals surface area contributed by atoms with Crippen LogP contribution in [0.15, 0.2) is 36.0 Å². The molecule has 1 fully saturated rings. The number of piperidine rings is 1. The van der Waals surface area contributed by atoms with Crippen molar-refractivity contribution >= 4 is 0 Å². The summed E-state index contributed by atoms with van der Waals surface area (Å²) in [5.41, 5.74) is 1.54. The Balaban J connectivity index is 0.000000771. The van der Waals surface area contributed by atoms with Crippen molar-refractivity contribution < 1.29 is 0 Å². The van der Waals surface area contributed by atoms with Crippen LogP contribution in [0.25, 0.3) is 0 Å². The zero-order valence-corrected chi connectivity index (χ0v) is 12.5. The van der Waals surface area contributed by atoms with Gasteiger partial charge >= 0.3 is 0 Å². The summed E-state index contributed by atoms with van der Waals surface area (Å²) in [5.74, 6) is 0.786. The third-order valence-electron chi connectivity index (χ3n) is 3.74. The van der Waals surface area contributed by atoms with Crippen LogP contribution in [0.4, 0.5) is 0 Å². The Morgan fingerprint density at radius 1 is 1.11 bits per heavy atom. The number of allylic oxidation sites excluding steroid dienone is 6. The second-order valence-electron chi connectivity index (χ2n) is 5.14. The van der Waals surface area contributed by atoms with Crippen LogP contribution in [0, 0.1) is 5.92 Å². The van der Waals surface area contributed by atoms with Crippen molar-refractivity contribution in [1.82, 2.24) is 4.90 Å². The van der Waals surface area contributed by atoms with Crippen LogP contribution in [0.3, 0.4) is 0 Å². The summed E-state index contributed by atoms with van der Waals surface area (Å²) >= 11 is 0. The van der Waals surface area contributed by atoms with Crippen LogP contribution in [0.2, 0.25) is 0 Å². The van der Waals surface area contributed by atoms with Gasteiger partial charge < -0.3 is 4.90 Å². The zero-order chi connectivity index (χ0) is 13.4. The molecule has 0 unspecified atom stereocenters. The first-order chi connectivity index (χ1) is 8.77. The van der Waals surface area contributed by atoms with Crippen LogP contribution in [0.5, 0.6) is 0 Å². The molecule has 0 N–H and O–H groups in total. The van der Waals surface area contributed by atoms with E-state index < -0.39 is 0 Å². The van der Waals surface area contributed by atoms with Crippen LogP contribution in [-0.2, 0) is 0 Å². The van der Waals surface area contributed by atoms with Gasteiger partial charge in [0.1, 0.15) is 0 Å². The topological polar surface area (TPSA) is 3.24 Å². The molecule has 0 bridgehead atoms. The van der Waals surface area contributed by atoms with E-state index in [1.807, 2.05) is 13.8 Å². The summed E-state index contributed by atoms with van der Waals surface area (Å²) in [4.78, 5) is 2.59. The molecule has 1 aliphatic heterocycles. The molecule has 2 aliphatic rings. The van der Waals surface area contributed by atoms with E-state index in [9.17, 15) is 0 Å². The Morgan fingerprint density at radius 2 is 1.78 bits per heavy atom. The third kappa shape index (κ3) is 4.45. The molecule has 0 spiro atoms. The highest BCUT2D eigenvalue weighted by atomic mass is 15.1. The zero-order valence-electron chi connectivity index (χ0n) is 12.5. The minimum Gasteiger partial charge on any atom is -0.301 e. The summed E-state index contributed by atoms with van der Waals surface area (Å²) in [7, 11) is 0. The molecule has 102 valence electrons. The third-order valence-corrected chi connectivity index (χ3v) is 3.74. The summed E-state index contributed by atoms with van der Waals surface area (Å²) < 4.78 is 0. The normalized spacial score (nSPS) is 21.3. The molecule has 0 saturated carbocycles. The van der Waals surface area contributed by atoms with E-state index >= 15 is 0 Å². The lowest BCUT2D eigenvalue weighted by Crippen LogP contribution is -2.38. The molecule has 0 aromatic carbocycles. The predicted octanol–water partition coefficient (Wildman–Crippen LogP) is 4.58. The monoisotopic (exact) mass is 247 g/mol. The predicted molar refractivity (Wildman–Crippen MR) is 81.8 cm³/mol. The minimum atomic E-state index is 0.708. The summed E-state index contributed by atoms with van der Waals surface area (Å²) in [6, 6.07) is 0.708. The Bertz CT molecular complexity index is 302. The summed E-state index contributed by atoms with van der Waals surface area (Å²) in [6.07, 6.45) is 15.1. The number of likely N-dealkylation sites (tertiary alicyclic amines) is 1. The van der Waals surface area contributed by atoms with Gasteiger partial charge in [0, 0.05) is 6.04 Å². The van der Waals surface area contributed by atoms with E-state index in [4.69, 9.17) is 0 Å². The quantitative estimate of drug-likeness (QED) is 0.690. The molecule has 0 amide bonds. The molecular formula is C17H29N. The van der Waals surface area contributed by atoms with E-state index in [1.54, 1.807) is 0 Å². The molecule has 0 aromatic heterocycles. The first kappa shape index (κ1) is 15.2. The molecule has 0 radical (unpaired) electrons. The van der Waals surface area contributed by atoms with Gasteiger partial charge in [0.2, 0.25) is 0 Å². The Kier molecular flexibility index (Phi) is 7.04. The van der Waals surface area contributed by atoms with Gasteiger partial charge in [0.25, 0.3) is 0 Å². The average molecular weight is 247 g/mol. The standard InChI is InChI=1S/C15H23N.C2H6/c1-13(2)16-11-9-15(10-12-16)14-7-5-3-4-6-8-14;1-2/h3,5-8,13,15H,4,9-12H2,1-2H3;1-2H3. The lowest BCUT2D eigenvalue weighted by molar-refractivity contribution is 0.162. The first-order valence-electron chi connectivity index (χ1n) is 7.54. The molecule has 1 saturated heterocycles. The Morgan fingerprint density at radius 3 is 2.39 bits per heavy atom. The molecule has 0 aromatic rings. The second kappa shape index (κ2) is 8.31. The van der Waals surface area contributed by atoms with Crippen molar-refractivity contribution in [1.29, 1.82) is 0 Å². The van der Waals surface area contributed by atoms with Gasteiger partial charge in [0.15, 0.2) is 0 Å². The van der Waals surface area contributed by atoms with E-state index in [2.05, 4.69) is 49.1 Å².